The molecule has 1 aliphatic rings. The van der Waals surface area contributed by atoms with Gasteiger partial charge in [-0.3, -0.25) is 0 Å². The first-order chi connectivity index (χ1) is 9.77. The summed E-state index contributed by atoms with van der Waals surface area (Å²) in [4.78, 5) is 0.207. The predicted octanol–water partition coefficient (Wildman–Crippen LogP) is 3.25. The number of aliphatic hydroxyl groups excluding tert-OH is 1. The van der Waals surface area contributed by atoms with Crippen molar-refractivity contribution < 1.29 is 13.5 Å². The number of aliphatic hydroxyl groups is 1. The molecule has 0 heterocycles. The summed E-state index contributed by atoms with van der Waals surface area (Å²) in [5.74, 6) is 0. The van der Waals surface area contributed by atoms with Crippen molar-refractivity contribution in [2.75, 3.05) is 0 Å². The predicted molar refractivity (Wildman–Crippen MR) is 86.6 cm³/mol. The lowest BCUT2D eigenvalue weighted by Gasteiger charge is -2.34. The van der Waals surface area contributed by atoms with Crippen molar-refractivity contribution >= 4 is 26.0 Å². The highest BCUT2D eigenvalue weighted by atomic mass is 79.9. The van der Waals surface area contributed by atoms with Crippen LogP contribution in [0.4, 0.5) is 0 Å². The fraction of sp³-hybridized carbons (Fsp3) is 0.600. The summed E-state index contributed by atoms with van der Waals surface area (Å²) in [5.41, 5.74) is 1.03. The Bertz CT molecular complexity index is 622. The number of halogens is 1. The zero-order valence-electron chi connectivity index (χ0n) is 12.4. The normalized spacial score (nSPS) is 18.7. The third-order valence-corrected chi connectivity index (χ3v) is 7.07. The maximum atomic E-state index is 12.7. The van der Waals surface area contributed by atoms with E-state index in [9.17, 15) is 13.5 Å². The zero-order valence-corrected chi connectivity index (χ0v) is 14.8. The van der Waals surface area contributed by atoms with Gasteiger partial charge in [0.25, 0.3) is 0 Å². The SMILES string of the molecule is Cc1cc(CO)cc(S(=O)(=O)NC2(C)CCCCC2)c1Br. The van der Waals surface area contributed by atoms with E-state index >= 15 is 0 Å². The van der Waals surface area contributed by atoms with E-state index in [1.54, 1.807) is 6.07 Å². The average Bonchev–Trinajstić information content (AvgIpc) is 2.41. The first-order valence-electron chi connectivity index (χ1n) is 7.21. The van der Waals surface area contributed by atoms with Gasteiger partial charge in [0.15, 0.2) is 0 Å². The molecule has 118 valence electrons. The summed E-state index contributed by atoms with van der Waals surface area (Å²) in [6, 6.07) is 3.32. The van der Waals surface area contributed by atoms with Crippen molar-refractivity contribution in [3.63, 3.8) is 0 Å². The van der Waals surface area contributed by atoms with Crippen LogP contribution in [-0.2, 0) is 16.6 Å². The Labute approximate surface area is 135 Å². The standard InChI is InChI=1S/C15H22BrNO3S/c1-11-8-12(10-18)9-13(14(11)16)21(19,20)17-15(2)6-4-3-5-7-15/h8-9,17-18H,3-7,10H2,1-2H3. The van der Waals surface area contributed by atoms with Gasteiger partial charge in [-0.25, -0.2) is 13.1 Å². The molecular formula is C15H22BrNO3S. The van der Waals surface area contributed by atoms with Crippen molar-refractivity contribution in [3.8, 4) is 0 Å². The summed E-state index contributed by atoms with van der Waals surface area (Å²) in [7, 11) is -3.61. The number of rotatable bonds is 4. The van der Waals surface area contributed by atoms with Crippen molar-refractivity contribution in [2.24, 2.45) is 0 Å². The minimum Gasteiger partial charge on any atom is -0.392 e. The Morgan fingerprint density at radius 1 is 1.29 bits per heavy atom. The van der Waals surface area contributed by atoms with Crippen molar-refractivity contribution in [3.05, 3.63) is 27.7 Å². The van der Waals surface area contributed by atoms with E-state index in [-0.39, 0.29) is 17.0 Å². The van der Waals surface area contributed by atoms with Gasteiger partial charge in [0, 0.05) is 10.0 Å². The van der Waals surface area contributed by atoms with Crippen LogP contribution in [0.5, 0.6) is 0 Å². The third kappa shape index (κ3) is 3.86. The molecule has 0 unspecified atom stereocenters. The largest absolute Gasteiger partial charge is 0.392 e. The lowest BCUT2D eigenvalue weighted by molar-refractivity contribution is 0.281. The van der Waals surface area contributed by atoms with Gasteiger partial charge in [0.1, 0.15) is 0 Å². The monoisotopic (exact) mass is 375 g/mol. The number of hydrogen-bond donors (Lipinski definition) is 2. The van der Waals surface area contributed by atoms with E-state index in [0.29, 0.717) is 10.0 Å². The molecule has 2 rings (SSSR count). The van der Waals surface area contributed by atoms with Gasteiger partial charge in [-0.05, 0) is 59.8 Å². The zero-order chi connectivity index (χ0) is 15.7. The molecule has 0 aromatic heterocycles. The maximum absolute atomic E-state index is 12.7. The first-order valence-corrected chi connectivity index (χ1v) is 9.49. The van der Waals surface area contributed by atoms with Gasteiger partial charge in [0.05, 0.1) is 11.5 Å². The van der Waals surface area contributed by atoms with Crippen LogP contribution in [-0.4, -0.2) is 19.1 Å². The van der Waals surface area contributed by atoms with E-state index in [0.717, 1.165) is 31.2 Å². The molecule has 0 atom stereocenters. The first kappa shape index (κ1) is 16.9. The van der Waals surface area contributed by atoms with Gasteiger partial charge in [-0.15, -0.1) is 0 Å². The summed E-state index contributed by atoms with van der Waals surface area (Å²) in [6.07, 6.45) is 5.00. The van der Waals surface area contributed by atoms with Crippen LogP contribution >= 0.6 is 15.9 Å². The maximum Gasteiger partial charge on any atom is 0.242 e. The molecule has 21 heavy (non-hydrogen) atoms. The van der Waals surface area contributed by atoms with Crippen LogP contribution in [0.15, 0.2) is 21.5 Å². The highest BCUT2D eigenvalue weighted by Crippen LogP contribution is 2.32. The van der Waals surface area contributed by atoms with E-state index < -0.39 is 10.0 Å². The van der Waals surface area contributed by atoms with Gasteiger partial charge in [0.2, 0.25) is 10.0 Å². The van der Waals surface area contributed by atoms with Gasteiger partial charge in [-0.2, -0.15) is 0 Å². The van der Waals surface area contributed by atoms with Crippen LogP contribution in [0.3, 0.4) is 0 Å². The van der Waals surface area contributed by atoms with E-state index in [2.05, 4.69) is 20.7 Å². The lowest BCUT2D eigenvalue weighted by atomic mass is 9.84. The summed E-state index contributed by atoms with van der Waals surface area (Å²) >= 11 is 3.36. The van der Waals surface area contributed by atoms with Crippen LogP contribution in [0.1, 0.15) is 50.2 Å². The quantitative estimate of drug-likeness (QED) is 0.848. The molecule has 0 spiro atoms. The fourth-order valence-electron chi connectivity index (χ4n) is 2.91. The number of hydrogen-bond acceptors (Lipinski definition) is 3. The molecule has 6 heteroatoms. The second kappa shape index (κ2) is 6.36. The Balaban J connectivity index is 2.37. The van der Waals surface area contributed by atoms with Gasteiger partial charge >= 0.3 is 0 Å². The molecule has 1 aromatic rings. The summed E-state index contributed by atoms with van der Waals surface area (Å²) in [6.45, 7) is 3.62. The smallest absolute Gasteiger partial charge is 0.242 e. The molecule has 0 aliphatic heterocycles. The lowest BCUT2D eigenvalue weighted by Crippen LogP contribution is -2.47. The number of sulfonamides is 1. The third-order valence-electron chi connectivity index (χ3n) is 4.09. The molecule has 4 nitrogen and oxygen atoms in total. The van der Waals surface area contributed by atoms with Crippen LogP contribution in [0.25, 0.3) is 0 Å². The van der Waals surface area contributed by atoms with E-state index in [4.69, 9.17) is 0 Å². The molecule has 1 aliphatic carbocycles. The molecule has 0 bridgehead atoms. The second-order valence-electron chi connectivity index (χ2n) is 6.11. The summed E-state index contributed by atoms with van der Waals surface area (Å²) in [5, 5.41) is 9.28. The second-order valence-corrected chi connectivity index (χ2v) is 8.55. The van der Waals surface area contributed by atoms with E-state index in [1.807, 2.05) is 13.8 Å². The number of nitrogens with one attached hydrogen (secondary N) is 1. The highest BCUT2D eigenvalue weighted by Gasteiger charge is 2.33. The molecule has 0 radical (unpaired) electrons. The fourth-order valence-corrected chi connectivity index (χ4v) is 5.44. The minimum atomic E-state index is -3.61. The van der Waals surface area contributed by atoms with Crippen LogP contribution in [0, 0.1) is 6.92 Å². The topological polar surface area (TPSA) is 66.4 Å². The Kier molecular flexibility index (Phi) is 5.13. The molecule has 0 amide bonds. The molecule has 1 saturated carbocycles. The van der Waals surface area contributed by atoms with Crippen LogP contribution < -0.4 is 4.72 Å². The Morgan fingerprint density at radius 3 is 2.48 bits per heavy atom. The Hall–Kier alpha value is -0.430. The van der Waals surface area contributed by atoms with Crippen molar-refractivity contribution in [2.45, 2.75) is 63.0 Å². The molecule has 2 N–H and O–H groups in total. The average molecular weight is 376 g/mol. The van der Waals surface area contributed by atoms with Crippen LogP contribution in [0.2, 0.25) is 0 Å². The van der Waals surface area contributed by atoms with Crippen molar-refractivity contribution in [1.82, 2.24) is 4.72 Å². The minimum absolute atomic E-state index is 0.173. The van der Waals surface area contributed by atoms with E-state index in [1.165, 1.54) is 12.5 Å². The van der Waals surface area contributed by atoms with Gasteiger partial charge in [-0.1, -0.05) is 25.3 Å². The molecule has 1 fully saturated rings. The Morgan fingerprint density at radius 2 is 1.90 bits per heavy atom. The molecule has 1 aromatic carbocycles. The molecular weight excluding hydrogens is 354 g/mol. The van der Waals surface area contributed by atoms with Gasteiger partial charge < -0.3 is 5.11 Å². The highest BCUT2D eigenvalue weighted by molar-refractivity contribution is 9.10. The number of aryl methyl sites for hydroxylation is 1. The molecule has 0 saturated heterocycles. The van der Waals surface area contributed by atoms with Crippen molar-refractivity contribution in [1.29, 1.82) is 0 Å². The summed E-state index contributed by atoms with van der Waals surface area (Å²) < 4.78 is 28.9. The number of benzene rings is 1.